The second-order valence-corrected chi connectivity index (χ2v) is 6.54. The lowest BCUT2D eigenvalue weighted by molar-refractivity contribution is 0.462. The number of nitrogens with zero attached hydrogens (tertiary/aromatic N) is 2. The van der Waals surface area contributed by atoms with Gasteiger partial charge in [0.1, 0.15) is 4.47 Å². The first kappa shape index (κ1) is 16.2. The van der Waals surface area contributed by atoms with Crippen LogP contribution in [0, 0.1) is 5.92 Å². The fourth-order valence-electron chi connectivity index (χ4n) is 2.32. The summed E-state index contributed by atoms with van der Waals surface area (Å²) < 4.78 is 2.08. The monoisotopic (exact) mass is 354 g/mol. The molecule has 0 saturated heterocycles. The molecule has 1 aromatic heterocycles. The van der Waals surface area contributed by atoms with Crippen LogP contribution in [-0.4, -0.2) is 29.4 Å². The molecular formula is C15H23BrN4O. The Bertz CT molecular complexity index is 565. The van der Waals surface area contributed by atoms with Gasteiger partial charge in [-0.15, -0.1) is 0 Å². The smallest absolute Gasteiger partial charge is 0.283 e. The molecule has 2 heterocycles. The van der Waals surface area contributed by atoms with E-state index in [1.807, 2.05) is 0 Å². The maximum atomic E-state index is 12.2. The lowest BCUT2D eigenvalue weighted by atomic mass is 10.1. The summed E-state index contributed by atoms with van der Waals surface area (Å²) in [5.74, 6) is 0.396. The van der Waals surface area contributed by atoms with Gasteiger partial charge in [-0.3, -0.25) is 4.79 Å². The number of nitrogens with one attached hydrogen (secondary N) is 2. The zero-order valence-electron chi connectivity index (χ0n) is 12.7. The number of rotatable bonds is 6. The Kier molecular flexibility index (Phi) is 5.99. The van der Waals surface area contributed by atoms with Crippen molar-refractivity contribution in [2.45, 2.75) is 33.2 Å². The number of halogens is 1. The zero-order chi connectivity index (χ0) is 15.2. The van der Waals surface area contributed by atoms with Gasteiger partial charge in [-0.25, -0.2) is 4.68 Å². The minimum absolute atomic E-state index is 0.0743. The van der Waals surface area contributed by atoms with E-state index < -0.39 is 0 Å². The second-order valence-electron chi connectivity index (χ2n) is 5.75. The molecule has 0 bridgehead atoms. The standard InChI is InChI=1S/C15H23BrN4O/c1-11(2)10-20-15(21)14(16)13(9-19-20)18-8-5-12-3-6-17-7-4-12/h3,9,11,17-18H,4-8,10H2,1-2H3. The van der Waals surface area contributed by atoms with Crippen molar-refractivity contribution in [2.24, 2.45) is 5.92 Å². The van der Waals surface area contributed by atoms with E-state index >= 15 is 0 Å². The summed E-state index contributed by atoms with van der Waals surface area (Å²) in [5, 5.41) is 10.8. The maximum absolute atomic E-state index is 12.2. The Morgan fingerprint density at radius 1 is 1.52 bits per heavy atom. The van der Waals surface area contributed by atoms with Crippen LogP contribution in [0.5, 0.6) is 0 Å². The van der Waals surface area contributed by atoms with Crippen LogP contribution in [0.1, 0.15) is 26.7 Å². The van der Waals surface area contributed by atoms with E-state index in [0.29, 0.717) is 16.9 Å². The molecule has 1 aliphatic heterocycles. The summed E-state index contributed by atoms with van der Waals surface area (Å²) in [6, 6.07) is 0. The molecule has 0 unspecified atom stereocenters. The highest BCUT2D eigenvalue weighted by Gasteiger charge is 2.10. The summed E-state index contributed by atoms with van der Waals surface area (Å²) >= 11 is 3.39. The molecule has 0 saturated carbocycles. The number of hydrogen-bond donors (Lipinski definition) is 2. The van der Waals surface area contributed by atoms with Crippen LogP contribution in [0.3, 0.4) is 0 Å². The summed E-state index contributed by atoms with van der Waals surface area (Å²) in [7, 11) is 0. The molecule has 0 aliphatic carbocycles. The van der Waals surface area contributed by atoms with Crippen molar-refractivity contribution in [1.29, 1.82) is 0 Å². The van der Waals surface area contributed by atoms with E-state index in [1.54, 1.807) is 6.20 Å². The fraction of sp³-hybridized carbons (Fsp3) is 0.600. The first-order valence-electron chi connectivity index (χ1n) is 7.46. The third kappa shape index (κ3) is 4.68. The molecule has 0 atom stereocenters. The summed E-state index contributed by atoms with van der Waals surface area (Å²) in [6.45, 7) is 7.62. The summed E-state index contributed by atoms with van der Waals surface area (Å²) in [4.78, 5) is 12.2. The molecule has 0 spiro atoms. The molecule has 116 valence electrons. The predicted molar refractivity (Wildman–Crippen MR) is 89.7 cm³/mol. The van der Waals surface area contributed by atoms with Crippen molar-refractivity contribution in [3.05, 3.63) is 32.7 Å². The van der Waals surface area contributed by atoms with Gasteiger partial charge in [-0.05, 0) is 41.2 Å². The SMILES string of the molecule is CC(C)Cn1ncc(NCCC2=CCNCC2)c(Br)c1=O. The van der Waals surface area contributed by atoms with E-state index in [1.165, 1.54) is 10.3 Å². The molecule has 21 heavy (non-hydrogen) atoms. The lowest BCUT2D eigenvalue weighted by Crippen LogP contribution is -2.26. The largest absolute Gasteiger partial charge is 0.382 e. The molecule has 0 radical (unpaired) electrons. The average Bonchev–Trinajstić information content (AvgIpc) is 2.47. The van der Waals surface area contributed by atoms with E-state index in [-0.39, 0.29) is 5.56 Å². The number of anilines is 1. The molecule has 0 aromatic carbocycles. The van der Waals surface area contributed by atoms with Crippen molar-refractivity contribution >= 4 is 21.6 Å². The first-order chi connectivity index (χ1) is 10.1. The second kappa shape index (κ2) is 7.75. The Balaban J connectivity index is 1.96. The van der Waals surface area contributed by atoms with Crippen LogP contribution in [0.15, 0.2) is 27.1 Å². The Morgan fingerprint density at radius 3 is 3.00 bits per heavy atom. The maximum Gasteiger partial charge on any atom is 0.283 e. The van der Waals surface area contributed by atoms with Crippen molar-refractivity contribution in [3.63, 3.8) is 0 Å². The quantitative estimate of drug-likeness (QED) is 0.770. The number of hydrogen-bond acceptors (Lipinski definition) is 4. The van der Waals surface area contributed by atoms with Gasteiger partial charge in [0.25, 0.3) is 5.56 Å². The van der Waals surface area contributed by atoms with Gasteiger partial charge >= 0.3 is 0 Å². The lowest BCUT2D eigenvalue weighted by Gasteiger charge is -2.15. The molecule has 0 amide bonds. The Hall–Kier alpha value is -1.14. The van der Waals surface area contributed by atoms with E-state index in [2.05, 4.69) is 51.6 Å². The first-order valence-corrected chi connectivity index (χ1v) is 8.25. The van der Waals surface area contributed by atoms with Crippen LogP contribution in [0.4, 0.5) is 5.69 Å². The number of aromatic nitrogens is 2. The molecule has 2 N–H and O–H groups in total. The molecule has 5 nitrogen and oxygen atoms in total. The van der Waals surface area contributed by atoms with Gasteiger partial charge in [-0.2, -0.15) is 5.10 Å². The van der Waals surface area contributed by atoms with Crippen LogP contribution in [-0.2, 0) is 6.54 Å². The van der Waals surface area contributed by atoms with Gasteiger partial charge in [0.2, 0.25) is 0 Å². The third-order valence-corrected chi connectivity index (χ3v) is 4.21. The van der Waals surface area contributed by atoms with E-state index in [9.17, 15) is 4.79 Å². The third-order valence-electron chi connectivity index (χ3n) is 3.44. The minimum Gasteiger partial charge on any atom is -0.382 e. The average molecular weight is 355 g/mol. The predicted octanol–water partition coefficient (Wildman–Crippen LogP) is 2.38. The molecule has 1 aliphatic rings. The zero-order valence-corrected chi connectivity index (χ0v) is 14.2. The minimum atomic E-state index is -0.0743. The molecule has 6 heteroatoms. The van der Waals surface area contributed by atoms with Crippen molar-refractivity contribution in [1.82, 2.24) is 15.1 Å². The highest BCUT2D eigenvalue weighted by molar-refractivity contribution is 9.10. The van der Waals surface area contributed by atoms with Gasteiger partial charge in [-0.1, -0.05) is 25.5 Å². The van der Waals surface area contributed by atoms with E-state index in [0.717, 1.165) is 38.2 Å². The Morgan fingerprint density at radius 2 is 2.33 bits per heavy atom. The molecule has 2 rings (SSSR count). The summed E-state index contributed by atoms with van der Waals surface area (Å²) in [5.41, 5.74) is 2.17. The van der Waals surface area contributed by atoms with Crippen molar-refractivity contribution in [3.8, 4) is 0 Å². The normalized spacial score (nSPS) is 15.1. The van der Waals surface area contributed by atoms with Crippen LogP contribution < -0.4 is 16.2 Å². The van der Waals surface area contributed by atoms with Gasteiger partial charge < -0.3 is 10.6 Å². The van der Waals surface area contributed by atoms with Gasteiger partial charge in [0.15, 0.2) is 0 Å². The van der Waals surface area contributed by atoms with Crippen LogP contribution in [0.25, 0.3) is 0 Å². The molecular weight excluding hydrogens is 332 g/mol. The summed E-state index contributed by atoms with van der Waals surface area (Å²) in [6.07, 6.45) is 6.09. The van der Waals surface area contributed by atoms with E-state index in [4.69, 9.17) is 0 Å². The van der Waals surface area contributed by atoms with Crippen molar-refractivity contribution in [2.75, 3.05) is 25.0 Å². The Labute approximate surface area is 133 Å². The molecule has 0 fully saturated rings. The fourth-order valence-corrected chi connectivity index (χ4v) is 2.77. The highest BCUT2D eigenvalue weighted by atomic mass is 79.9. The van der Waals surface area contributed by atoms with Crippen LogP contribution in [0.2, 0.25) is 0 Å². The van der Waals surface area contributed by atoms with Gasteiger partial charge in [0, 0.05) is 19.6 Å². The van der Waals surface area contributed by atoms with Crippen molar-refractivity contribution < 1.29 is 0 Å². The van der Waals surface area contributed by atoms with Gasteiger partial charge in [0.05, 0.1) is 11.9 Å². The van der Waals surface area contributed by atoms with Crippen LogP contribution >= 0.6 is 15.9 Å². The topological polar surface area (TPSA) is 59.0 Å². The highest BCUT2D eigenvalue weighted by Crippen LogP contribution is 2.17. The molecule has 1 aromatic rings.